The highest BCUT2D eigenvalue weighted by Crippen LogP contribution is 2.26. The molecule has 0 radical (unpaired) electrons. The van der Waals surface area contributed by atoms with E-state index in [-0.39, 0.29) is 5.54 Å². The largest absolute Gasteiger partial charge is 0.219 e. The Balaban J connectivity index is 5.28. The molecule has 0 rings (SSSR count). The van der Waals surface area contributed by atoms with Gasteiger partial charge in [-0.1, -0.05) is 6.92 Å². The summed E-state index contributed by atoms with van der Waals surface area (Å²) in [5.41, 5.74) is -0.346. The Morgan fingerprint density at radius 3 is 1.43 bits per heavy atom. The van der Waals surface area contributed by atoms with Gasteiger partial charge in [-0.3, -0.25) is 0 Å². The molecule has 0 aliphatic carbocycles. The monoisotopic (exact) mass is 221 g/mol. The topological polar surface area (TPSA) is 37.4 Å². The molecule has 0 aliphatic heterocycles. The Morgan fingerprint density at radius 1 is 1.00 bits per heavy atom. The second-order valence-electron chi connectivity index (χ2n) is 5.45. The molecule has 0 bridgehead atoms. The van der Waals surface area contributed by atoms with E-state index < -0.39 is 14.8 Å². The average Bonchev–Trinajstić information content (AvgIpc) is 1.80. The molecule has 0 aromatic rings. The van der Waals surface area contributed by atoms with E-state index in [9.17, 15) is 8.42 Å². The first kappa shape index (κ1) is 13.9. The molecule has 0 unspecified atom stereocenters. The molecule has 0 N–H and O–H groups in total. The Bertz CT molecular complexity index is 280. The summed E-state index contributed by atoms with van der Waals surface area (Å²) in [5, 5.41) is 0. The highest BCUT2D eigenvalue weighted by atomic mass is 32.2. The molecule has 0 heterocycles. The second kappa shape index (κ2) is 3.81. The van der Waals surface area contributed by atoms with Crippen molar-refractivity contribution in [2.45, 2.75) is 58.8 Å². The van der Waals surface area contributed by atoms with Gasteiger partial charge in [0, 0.05) is 12.1 Å². The van der Waals surface area contributed by atoms with Crippen molar-refractivity contribution in [3.05, 3.63) is 0 Å². The Hall–Kier alpha value is -0.0900. The molecule has 0 fully saturated rings. The van der Waals surface area contributed by atoms with E-state index in [1.807, 2.05) is 27.7 Å². The van der Waals surface area contributed by atoms with Gasteiger partial charge in [0.05, 0.1) is 4.75 Å². The molecule has 0 spiro atoms. The summed E-state index contributed by atoms with van der Waals surface area (Å²) in [4.78, 5) is 0. The summed E-state index contributed by atoms with van der Waals surface area (Å²) in [5.74, 6) is 0. The molecule has 0 aromatic carbocycles. The van der Waals surface area contributed by atoms with Gasteiger partial charge in [-0.25, -0.2) is 8.42 Å². The third-order valence-corrected chi connectivity index (χ3v) is 5.03. The molecule has 0 aliphatic rings. The summed E-state index contributed by atoms with van der Waals surface area (Å²) >= 11 is 0. The van der Waals surface area contributed by atoms with E-state index in [1.54, 1.807) is 25.1 Å². The zero-order valence-corrected chi connectivity index (χ0v) is 11.2. The molecule has 14 heavy (non-hydrogen) atoms. The fraction of sp³-hybridized carbons (Fsp3) is 1.00. The van der Waals surface area contributed by atoms with Gasteiger partial charge in [-0.15, -0.1) is 0 Å². The highest BCUT2D eigenvalue weighted by molar-refractivity contribution is 7.90. The van der Waals surface area contributed by atoms with Gasteiger partial charge in [0.25, 0.3) is 0 Å². The molecule has 0 atom stereocenters. The van der Waals surface area contributed by atoms with Crippen LogP contribution in [0.3, 0.4) is 0 Å². The maximum Gasteiger partial charge on any atom is 0.219 e. The summed E-state index contributed by atoms with van der Waals surface area (Å²) in [6.07, 6.45) is 0. The smallest absolute Gasteiger partial charge is 0.212 e. The molecule has 0 saturated carbocycles. The average molecular weight is 221 g/mol. The van der Waals surface area contributed by atoms with Crippen molar-refractivity contribution < 1.29 is 8.42 Å². The van der Waals surface area contributed by atoms with Gasteiger partial charge in [0.1, 0.15) is 0 Å². The van der Waals surface area contributed by atoms with Crippen LogP contribution in [-0.2, 0) is 10.0 Å². The maximum absolute atomic E-state index is 12.2. The number of hydrogen-bond acceptors (Lipinski definition) is 2. The van der Waals surface area contributed by atoms with Crippen LogP contribution in [0.1, 0.15) is 48.5 Å². The predicted octanol–water partition coefficient (Wildman–Crippen LogP) is 2.24. The summed E-state index contributed by atoms with van der Waals surface area (Å²) in [6, 6.07) is 0. The Labute approximate surface area is 88.5 Å². The first-order chi connectivity index (χ1) is 5.94. The number of nitrogens with zero attached hydrogens (tertiary/aromatic N) is 1. The molecule has 0 amide bonds. The normalized spacial score (nSPS) is 14.9. The van der Waals surface area contributed by atoms with Crippen LogP contribution in [0.25, 0.3) is 0 Å². The molecule has 0 aromatic heterocycles. The van der Waals surface area contributed by atoms with Crippen LogP contribution in [0.15, 0.2) is 0 Å². The van der Waals surface area contributed by atoms with Crippen molar-refractivity contribution in [3.63, 3.8) is 0 Å². The third-order valence-electron chi connectivity index (χ3n) is 2.10. The van der Waals surface area contributed by atoms with Crippen LogP contribution in [0.4, 0.5) is 0 Å². The summed E-state index contributed by atoms with van der Waals surface area (Å²) in [7, 11) is -3.21. The fourth-order valence-electron chi connectivity index (χ4n) is 1.34. The summed E-state index contributed by atoms with van der Waals surface area (Å²) < 4.78 is 25.1. The van der Waals surface area contributed by atoms with Crippen LogP contribution < -0.4 is 0 Å². The molecule has 86 valence electrons. The van der Waals surface area contributed by atoms with Crippen molar-refractivity contribution in [2.24, 2.45) is 0 Å². The number of hydrogen-bond donors (Lipinski definition) is 0. The number of sulfonamides is 1. The molecule has 3 nitrogen and oxygen atoms in total. The predicted molar refractivity (Wildman–Crippen MR) is 60.8 cm³/mol. The summed E-state index contributed by atoms with van der Waals surface area (Å²) in [6.45, 7) is 13.3. The standard InChI is InChI=1S/C10H23NO2S/c1-8-11(9(2,3)4)14(12,13)10(5,6)7/h8H2,1-7H3. The lowest BCUT2D eigenvalue weighted by atomic mass is 10.1. The van der Waals surface area contributed by atoms with E-state index in [4.69, 9.17) is 0 Å². The van der Waals surface area contributed by atoms with Gasteiger partial charge in [-0.2, -0.15) is 4.31 Å². The Morgan fingerprint density at radius 2 is 1.36 bits per heavy atom. The maximum atomic E-state index is 12.2. The van der Waals surface area contributed by atoms with E-state index in [2.05, 4.69) is 0 Å². The SMILES string of the molecule is CCN(C(C)(C)C)S(=O)(=O)C(C)(C)C. The van der Waals surface area contributed by atoms with Gasteiger partial charge in [0.2, 0.25) is 10.0 Å². The van der Waals surface area contributed by atoms with Gasteiger partial charge in [0.15, 0.2) is 0 Å². The molecule has 0 saturated heterocycles. The third kappa shape index (κ3) is 2.70. The minimum absolute atomic E-state index is 0.346. The van der Waals surface area contributed by atoms with E-state index >= 15 is 0 Å². The fourth-order valence-corrected chi connectivity index (χ4v) is 3.06. The van der Waals surface area contributed by atoms with Gasteiger partial charge >= 0.3 is 0 Å². The zero-order valence-electron chi connectivity index (χ0n) is 10.4. The minimum atomic E-state index is -3.21. The molecular formula is C10H23NO2S. The van der Waals surface area contributed by atoms with Gasteiger partial charge in [-0.05, 0) is 41.5 Å². The molecule has 4 heteroatoms. The van der Waals surface area contributed by atoms with Crippen LogP contribution in [-0.4, -0.2) is 29.6 Å². The van der Waals surface area contributed by atoms with Crippen LogP contribution in [0.5, 0.6) is 0 Å². The first-order valence-corrected chi connectivity index (χ1v) is 6.41. The van der Waals surface area contributed by atoms with Crippen molar-refractivity contribution >= 4 is 10.0 Å². The van der Waals surface area contributed by atoms with Crippen LogP contribution >= 0.6 is 0 Å². The minimum Gasteiger partial charge on any atom is -0.212 e. The lowest BCUT2D eigenvalue weighted by Crippen LogP contribution is -2.51. The van der Waals surface area contributed by atoms with Crippen molar-refractivity contribution in [2.75, 3.05) is 6.54 Å². The lowest BCUT2D eigenvalue weighted by molar-refractivity contribution is 0.253. The van der Waals surface area contributed by atoms with Crippen molar-refractivity contribution in [1.29, 1.82) is 0 Å². The van der Waals surface area contributed by atoms with Gasteiger partial charge < -0.3 is 0 Å². The van der Waals surface area contributed by atoms with E-state index in [0.29, 0.717) is 6.54 Å². The zero-order chi connectivity index (χ0) is 11.8. The lowest BCUT2D eigenvalue weighted by Gasteiger charge is -2.38. The first-order valence-electron chi connectivity index (χ1n) is 4.97. The van der Waals surface area contributed by atoms with Crippen molar-refractivity contribution in [1.82, 2.24) is 4.31 Å². The van der Waals surface area contributed by atoms with Crippen LogP contribution in [0, 0.1) is 0 Å². The second-order valence-corrected chi connectivity index (χ2v) is 8.07. The highest BCUT2D eigenvalue weighted by Gasteiger charge is 2.39. The van der Waals surface area contributed by atoms with Crippen LogP contribution in [0.2, 0.25) is 0 Å². The van der Waals surface area contributed by atoms with E-state index in [0.717, 1.165) is 0 Å². The van der Waals surface area contributed by atoms with E-state index in [1.165, 1.54) is 0 Å². The number of rotatable bonds is 2. The quantitative estimate of drug-likeness (QED) is 0.717. The molecular weight excluding hydrogens is 198 g/mol. The Kier molecular flexibility index (Phi) is 3.79. The van der Waals surface area contributed by atoms with Crippen molar-refractivity contribution in [3.8, 4) is 0 Å².